The Kier molecular flexibility index (Phi) is 20.4. The third kappa shape index (κ3) is 15.9. The number of likely N-dealkylation sites (tertiary alicyclic amines) is 1. The first-order valence-corrected chi connectivity index (χ1v) is 19.8. The topological polar surface area (TPSA) is 364 Å². The maximum atomic E-state index is 14.0. The molecule has 330 valence electrons. The van der Waals surface area contributed by atoms with Gasteiger partial charge in [-0.2, -0.15) is 0 Å². The van der Waals surface area contributed by atoms with E-state index in [1.807, 2.05) is 6.92 Å². The highest BCUT2D eigenvalue weighted by atomic mass is 16.4. The molecular weight excluding hydrogens is 774 g/mol. The van der Waals surface area contributed by atoms with Crippen LogP contribution in [0, 0.1) is 11.8 Å². The summed E-state index contributed by atoms with van der Waals surface area (Å²) >= 11 is 0. The van der Waals surface area contributed by atoms with Gasteiger partial charge in [-0.25, -0.2) is 9.78 Å². The highest BCUT2D eigenvalue weighted by Gasteiger charge is 2.40. The maximum Gasteiger partial charge on any atom is 0.326 e. The van der Waals surface area contributed by atoms with Crippen LogP contribution in [0.1, 0.15) is 91.2 Å². The van der Waals surface area contributed by atoms with E-state index in [4.69, 9.17) is 17.2 Å². The molecule has 0 unspecified atom stereocenters. The fourth-order valence-electron chi connectivity index (χ4n) is 6.37. The number of rotatable bonds is 26. The number of imidazole rings is 1. The molecule has 1 aliphatic rings. The zero-order valence-corrected chi connectivity index (χ0v) is 34.0. The summed E-state index contributed by atoms with van der Waals surface area (Å²) in [6, 6.07) is -9.15. The molecule has 0 radical (unpaired) electrons. The second kappa shape index (κ2) is 24.3. The van der Waals surface area contributed by atoms with Crippen LogP contribution < -0.4 is 43.8 Å². The normalized spacial score (nSPS) is 17.3. The number of aliphatic carboxylic acids is 2. The minimum Gasteiger partial charge on any atom is -0.481 e. The summed E-state index contributed by atoms with van der Waals surface area (Å²) < 4.78 is 0. The van der Waals surface area contributed by atoms with Crippen molar-refractivity contribution in [2.75, 3.05) is 13.1 Å². The molecule has 0 saturated carbocycles. The Balaban J connectivity index is 2.37. The number of nitrogens with two attached hydrogens (primary N) is 3. The van der Waals surface area contributed by atoms with Crippen LogP contribution in [0.4, 0.5) is 0 Å². The lowest BCUT2D eigenvalue weighted by Crippen LogP contribution is -2.60. The zero-order chi connectivity index (χ0) is 44.4. The monoisotopic (exact) mass is 835 g/mol. The first kappa shape index (κ1) is 49.5. The van der Waals surface area contributed by atoms with Crippen molar-refractivity contribution in [2.24, 2.45) is 29.0 Å². The Hall–Kier alpha value is -5.64. The fourth-order valence-corrected chi connectivity index (χ4v) is 6.37. The lowest BCUT2D eigenvalue weighted by atomic mass is 9.98. The minimum atomic E-state index is -1.72. The summed E-state index contributed by atoms with van der Waals surface area (Å²) in [5.41, 5.74) is 17.4. The van der Waals surface area contributed by atoms with E-state index in [1.165, 1.54) is 31.3 Å². The molecule has 0 aliphatic carbocycles. The van der Waals surface area contributed by atoms with Gasteiger partial charge in [-0.05, 0) is 56.9 Å². The van der Waals surface area contributed by atoms with Gasteiger partial charge >= 0.3 is 11.9 Å². The van der Waals surface area contributed by atoms with E-state index in [0.717, 1.165) is 0 Å². The molecule has 1 aliphatic heterocycles. The average Bonchev–Trinajstić information content (AvgIpc) is 3.89. The van der Waals surface area contributed by atoms with Crippen molar-refractivity contribution in [3.8, 4) is 0 Å². The predicted molar refractivity (Wildman–Crippen MR) is 210 cm³/mol. The smallest absolute Gasteiger partial charge is 0.326 e. The van der Waals surface area contributed by atoms with Crippen molar-refractivity contribution < 1.29 is 53.4 Å². The lowest BCUT2D eigenvalue weighted by Gasteiger charge is -2.31. The van der Waals surface area contributed by atoms with Crippen LogP contribution in [0.5, 0.6) is 0 Å². The predicted octanol–water partition coefficient (Wildman–Crippen LogP) is -2.65. The molecule has 14 N–H and O–H groups in total. The van der Waals surface area contributed by atoms with E-state index < -0.39 is 108 Å². The van der Waals surface area contributed by atoms with E-state index in [2.05, 4.69) is 36.6 Å². The summed E-state index contributed by atoms with van der Waals surface area (Å²) in [6.07, 6.45) is 3.24. The molecule has 22 nitrogen and oxygen atoms in total. The fraction of sp³-hybridized carbons (Fsp3) is 0.676. The largest absolute Gasteiger partial charge is 0.481 e. The van der Waals surface area contributed by atoms with Gasteiger partial charge < -0.3 is 63.9 Å². The molecule has 22 heteroatoms. The number of carbonyl (C=O) groups is 9. The third-order valence-corrected chi connectivity index (χ3v) is 10.1. The summed E-state index contributed by atoms with van der Waals surface area (Å²) in [5.74, 6) is -9.23. The van der Waals surface area contributed by atoms with Gasteiger partial charge in [0.25, 0.3) is 0 Å². The Bertz CT molecular complexity index is 1620. The number of nitrogens with one attached hydrogen (secondary N) is 6. The molecule has 0 bridgehead atoms. The number of nitrogens with zero attached hydrogens (tertiary/aromatic N) is 2. The average molecular weight is 836 g/mol. The van der Waals surface area contributed by atoms with Crippen LogP contribution in [0.2, 0.25) is 0 Å². The summed E-state index contributed by atoms with van der Waals surface area (Å²) in [4.78, 5) is 125. The number of unbranched alkanes of at least 4 members (excludes halogenated alkanes) is 1. The number of aromatic nitrogens is 2. The van der Waals surface area contributed by atoms with Crippen molar-refractivity contribution in [1.29, 1.82) is 0 Å². The number of primary amides is 1. The van der Waals surface area contributed by atoms with Crippen molar-refractivity contribution in [1.82, 2.24) is 41.5 Å². The van der Waals surface area contributed by atoms with E-state index in [-0.39, 0.29) is 51.1 Å². The third-order valence-electron chi connectivity index (χ3n) is 10.1. The van der Waals surface area contributed by atoms with Gasteiger partial charge in [0.2, 0.25) is 41.4 Å². The van der Waals surface area contributed by atoms with E-state index in [9.17, 15) is 53.4 Å². The maximum absolute atomic E-state index is 14.0. The number of hydrogen-bond acceptors (Lipinski definition) is 12. The second-order valence-electron chi connectivity index (χ2n) is 15.1. The Morgan fingerprint density at radius 3 is 2.05 bits per heavy atom. The number of H-pyrrole nitrogens is 1. The minimum absolute atomic E-state index is 0.0208. The summed E-state index contributed by atoms with van der Waals surface area (Å²) in [7, 11) is 0. The molecule has 1 fully saturated rings. The van der Waals surface area contributed by atoms with Crippen LogP contribution in [0.25, 0.3) is 0 Å². The lowest BCUT2D eigenvalue weighted by molar-refractivity contribution is -0.144. The van der Waals surface area contributed by atoms with Gasteiger partial charge in [-0.15, -0.1) is 0 Å². The Morgan fingerprint density at radius 2 is 1.49 bits per heavy atom. The Labute approximate surface area is 342 Å². The van der Waals surface area contributed by atoms with E-state index in [1.54, 1.807) is 6.92 Å². The highest BCUT2D eigenvalue weighted by molar-refractivity contribution is 5.98. The highest BCUT2D eigenvalue weighted by Crippen LogP contribution is 2.21. The van der Waals surface area contributed by atoms with E-state index in [0.29, 0.717) is 31.4 Å². The molecule has 59 heavy (non-hydrogen) atoms. The molecule has 1 saturated heterocycles. The molecule has 2 rings (SSSR count). The second-order valence-corrected chi connectivity index (χ2v) is 15.1. The number of aromatic amines is 1. The first-order valence-electron chi connectivity index (χ1n) is 19.8. The van der Waals surface area contributed by atoms with Crippen LogP contribution >= 0.6 is 0 Å². The molecule has 7 amide bonds. The van der Waals surface area contributed by atoms with Crippen molar-refractivity contribution in [3.05, 3.63) is 18.2 Å². The van der Waals surface area contributed by atoms with Crippen LogP contribution in [-0.2, 0) is 49.6 Å². The van der Waals surface area contributed by atoms with Gasteiger partial charge in [0.15, 0.2) is 0 Å². The summed E-state index contributed by atoms with van der Waals surface area (Å²) in [6.45, 7) is 7.04. The molecular formula is C37H61N11O11. The first-order chi connectivity index (χ1) is 27.8. The molecule has 0 spiro atoms. The molecule has 8 atom stereocenters. The van der Waals surface area contributed by atoms with Crippen molar-refractivity contribution in [2.45, 2.75) is 134 Å². The van der Waals surface area contributed by atoms with Gasteiger partial charge in [0.05, 0.1) is 24.5 Å². The standard InChI is InChI=1S/C37H61N11O11/c1-5-20(4)29(40)35(56)44-23(11-12-27(39)49)36(57)48-14-8-10-26(48)34(55)46-24(15-21-17-41-18-42-21)32(53)43-22(9-6-7-13-38)31(52)45-25(16-28(50)51)33(54)47-30(19(2)3)37(58)59/h17-20,22-26,29-30H,5-16,38,40H2,1-4H3,(H2,39,49)(H,41,42)(H,43,53)(H,44,56)(H,45,52)(H,46,55)(H,47,54)(H,50,51)(H,58,59)/t20-,22-,23-,24-,25-,26-,29-,30-/m0/s1. The van der Waals surface area contributed by atoms with Crippen LogP contribution in [-0.4, -0.2) is 134 Å². The Morgan fingerprint density at radius 1 is 0.864 bits per heavy atom. The number of carbonyl (C=O) groups excluding carboxylic acids is 7. The van der Waals surface area contributed by atoms with Gasteiger partial charge in [-0.3, -0.25) is 38.4 Å². The molecule has 1 aromatic heterocycles. The molecule has 1 aromatic rings. The van der Waals surface area contributed by atoms with E-state index >= 15 is 0 Å². The van der Waals surface area contributed by atoms with Gasteiger partial charge in [0, 0.05) is 25.6 Å². The zero-order valence-electron chi connectivity index (χ0n) is 34.0. The number of amides is 7. The quantitative estimate of drug-likeness (QED) is 0.0425. The summed E-state index contributed by atoms with van der Waals surface area (Å²) in [5, 5.41) is 31.5. The number of hydrogen-bond donors (Lipinski definition) is 11. The van der Waals surface area contributed by atoms with Crippen molar-refractivity contribution in [3.63, 3.8) is 0 Å². The SMILES string of the molecule is CC[C@H](C)[C@H](N)C(=O)N[C@@H](CCC(N)=O)C(=O)N1CCC[C@H]1C(=O)N[C@@H](Cc1c[nH]cn1)C(=O)N[C@@H](CCCCN)C(=O)N[C@@H](CC(=O)O)C(=O)N[C@H](C(=O)O)C(C)C. The number of carboxylic acid groups (broad SMARTS) is 2. The number of carboxylic acids is 2. The van der Waals surface area contributed by atoms with Gasteiger partial charge in [0.1, 0.15) is 36.3 Å². The van der Waals surface area contributed by atoms with Crippen LogP contribution in [0.15, 0.2) is 12.5 Å². The van der Waals surface area contributed by atoms with Crippen molar-refractivity contribution >= 4 is 53.3 Å². The molecule has 0 aromatic carbocycles. The molecule has 2 heterocycles. The van der Waals surface area contributed by atoms with Crippen LogP contribution in [0.3, 0.4) is 0 Å². The van der Waals surface area contributed by atoms with Gasteiger partial charge in [-0.1, -0.05) is 34.1 Å².